The summed E-state index contributed by atoms with van der Waals surface area (Å²) in [7, 11) is 0. The zero-order valence-electron chi connectivity index (χ0n) is 11.1. The predicted octanol–water partition coefficient (Wildman–Crippen LogP) is 2.35. The van der Waals surface area contributed by atoms with Gasteiger partial charge < -0.3 is 9.47 Å². The Morgan fingerprint density at radius 2 is 2.05 bits per heavy atom. The molecule has 108 valence electrons. The number of benzene rings is 1. The maximum absolute atomic E-state index is 11.6. The zero-order valence-corrected chi connectivity index (χ0v) is 11.1. The van der Waals surface area contributed by atoms with Gasteiger partial charge in [-0.15, -0.1) is 0 Å². The summed E-state index contributed by atoms with van der Waals surface area (Å²) in [6, 6.07) is 6.23. The molecule has 2 rings (SSSR count). The molecule has 0 aliphatic rings. The lowest BCUT2D eigenvalue weighted by Crippen LogP contribution is -2.04. The molecule has 0 radical (unpaired) electrons. The molecule has 0 spiro atoms. The van der Waals surface area contributed by atoms with Gasteiger partial charge in [0.1, 0.15) is 18.1 Å². The van der Waals surface area contributed by atoms with E-state index in [-0.39, 0.29) is 18.3 Å². The molecule has 2 aromatic rings. The number of esters is 1. The van der Waals surface area contributed by atoms with Crippen molar-refractivity contribution in [3.63, 3.8) is 0 Å². The van der Waals surface area contributed by atoms with Crippen LogP contribution in [0.15, 0.2) is 36.7 Å². The second-order valence-corrected chi connectivity index (χ2v) is 3.83. The van der Waals surface area contributed by atoms with Crippen LogP contribution < -0.4 is 4.74 Å². The van der Waals surface area contributed by atoms with Crippen molar-refractivity contribution >= 4 is 11.7 Å². The fraction of sp³-hybridized carbons (Fsp3) is 0.154. The van der Waals surface area contributed by atoms with Crippen molar-refractivity contribution in [1.29, 1.82) is 0 Å². The number of aromatic nitrogens is 2. The molecular weight excluding hydrogens is 278 g/mol. The van der Waals surface area contributed by atoms with E-state index in [0.29, 0.717) is 11.3 Å². The van der Waals surface area contributed by atoms with Gasteiger partial charge >= 0.3 is 17.7 Å². The van der Waals surface area contributed by atoms with E-state index in [1.165, 1.54) is 6.07 Å². The lowest BCUT2D eigenvalue weighted by molar-refractivity contribution is -0.385. The van der Waals surface area contributed by atoms with Crippen LogP contribution in [0.4, 0.5) is 5.69 Å². The number of ether oxygens (including phenoxy) is 2. The van der Waals surface area contributed by atoms with Crippen molar-refractivity contribution in [2.45, 2.75) is 6.92 Å². The molecule has 1 heterocycles. The first-order valence-corrected chi connectivity index (χ1v) is 6.01. The number of carbonyl (C=O) groups is 1. The summed E-state index contributed by atoms with van der Waals surface area (Å²) in [6.07, 6.45) is 2.08. The molecule has 0 amide bonds. The molecular formula is C13H11N3O5. The molecule has 21 heavy (non-hydrogen) atoms. The smallest absolute Gasteiger partial charge is 0.338 e. The minimum Gasteiger partial charge on any atom is -0.462 e. The monoisotopic (exact) mass is 289 g/mol. The lowest BCUT2D eigenvalue weighted by atomic mass is 10.2. The third-order valence-corrected chi connectivity index (χ3v) is 2.38. The van der Waals surface area contributed by atoms with E-state index in [9.17, 15) is 14.9 Å². The first-order valence-electron chi connectivity index (χ1n) is 6.01. The second-order valence-electron chi connectivity index (χ2n) is 3.83. The molecule has 0 aliphatic heterocycles. The molecule has 8 heteroatoms. The average Bonchev–Trinajstić information content (AvgIpc) is 2.48. The van der Waals surface area contributed by atoms with Gasteiger partial charge in [-0.1, -0.05) is 6.07 Å². The predicted molar refractivity (Wildman–Crippen MR) is 71.2 cm³/mol. The molecule has 0 fully saturated rings. The van der Waals surface area contributed by atoms with E-state index in [0.717, 1.165) is 12.4 Å². The number of nitro groups is 1. The largest absolute Gasteiger partial charge is 0.462 e. The normalized spacial score (nSPS) is 9.95. The molecule has 1 aromatic carbocycles. The summed E-state index contributed by atoms with van der Waals surface area (Å²) in [5, 5.41) is 10.5. The Bertz CT molecular complexity index is 657. The quantitative estimate of drug-likeness (QED) is 0.472. The minimum absolute atomic E-state index is 0.0541. The van der Waals surface area contributed by atoms with Crippen molar-refractivity contribution < 1.29 is 19.2 Å². The van der Waals surface area contributed by atoms with Crippen molar-refractivity contribution in [3.05, 3.63) is 52.3 Å². The Balaban J connectivity index is 2.14. The molecule has 8 nitrogen and oxygen atoms in total. The average molecular weight is 289 g/mol. The van der Waals surface area contributed by atoms with Crippen molar-refractivity contribution in [3.8, 4) is 11.8 Å². The lowest BCUT2D eigenvalue weighted by Gasteiger charge is -2.05. The second kappa shape index (κ2) is 6.42. The highest BCUT2D eigenvalue weighted by Gasteiger charge is 2.10. The molecule has 1 aromatic heterocycles. The molecule has 0 saturated heterocycles. The highest BCUT2D eigenvalue weighted by molar-refractivity contribution is 5.89. The van der Waals surface area contributed by atoms with Crippen LogP contribution in [0.5, 0.6) is 11.8 Å². The molecule has 0 saturated carbocycles. The van der Waals surface area contributed by atoms with Gasteiger partial charge in [-0.3, -0.25) is 10.1 Å². The van der Waals surface area contributed by atoms with Crippen molar-refractivity contribution in [2.75, 3.05) is 6.61 Å². The Kier molecular flexibility index (Phi) is 4.39. The summed E-state index contributed by atoms with van der Waals surface area (Å²) in [5.74, 6) is -0.137. The van der Waals surface area contributed by atoms with Gasteiger partial charge in [0.2, 0.25) is 0 Å². The van der Waals surface area contributed by atoms with Crippen LogP contribution in [0.3, 0.4) is 0 Å². The van der Waals surface area contributed by atoms with Gasteiger partial charge in [-0.25, -0.2) is 4.79 Å². The molecule has 0 aliphatic carbocycles. The number of nitrogens with zero attached hydrogens (tertiary/aromatic N) is 3. The van der Waals surface area contributed by atoms with E-state index in [1.807, 2.05) is 0 Å². The number of carbonyl (C=O) groups excluding carboxylic acids is 1. The van der Waals surface area contributed by atoms with Gasteiger partial charge in [-0.2, -0.15) is 9.97 Å². The first-order chi connectivity index (χ1) is 10.1. The van der Waals surface area contributed by atoms with E-state index >= 15 is 0 Å². The molecule has 0 atom stereocenters. The standard InChI is InChI=1S/C13H11N3O5/c1-2-20-12(17)9-4-3-5-11(6-9)21-13-14-7-10(8-15-13)16(18)19/h3-8H,2H2,1H3. The Morgan fingerprint density at radius 1 is 1.33 bits per heavy atom. The SMILES string of the molecule is CCOC(=O)c1cccc(Oc2ncc([N+](=O)[O-])cn2)c1. The maximum atomic E-state index is 11.6. The first kappa shape index (κ1) is 14.4. The van der Waals surface area contributed by atoms with Crippen LogP contribution in [-0.4, -0.2) is 27.5 Å². The van der Waals surface area contributed by atoms with E-state index in [1.54, 1.807) is 25.1 Å². The number of hydrogen-bond donors (Lipinski definition) is 0. The van der Waals surface area contributed by atoms with E-state index in [4.69, 9.17) is 9.47 Å². The fourth-order valence-electron chi connectivity index (χ4n) is 1.46. The highest BCUT2D eigenvalue weighted by Crippen LogP contribution is 2.20. The van der Waals surface area contributed by atoms with Gasteiger partial charge in [0.15, 0.2) is 0 Å². The third-order valence-electron chi connectivity index (χ3n) is 2.38. The highest BCUT2D eigenvalue weighted by atomic mass is 16.6. The third kappa shape index (κ3) is 3.72. The van der Waals surface area contributed by atoms with Crippen LogP contribution in [0, 0.1) is 10.1 Å². The van der Waals surface area contributed by atoms with E-state index in [2.05, 4.69) is 9.97 Å². The Hall–Kier alpha value is -3.03. The molecule has 0 bridgehead atoms. The van der Waals surface area contributed by atoms with Crippen LogP contribution in [0.2, 0.25) is 0 Å². The molecule has 0 N–H and O–H groups in total. The van der Waals surface area contributed by atoms with Crippen LogP contribution in [-0.2, 0) is 4.74 Å². The summed E-state index contributed by atoms with van der Waals surface area (Å²) < 4.78 is 10.2. The summed E-state index contributed by atoms with van der Waals surface area (Å²) in [5.41, 5.74) is 0.0962. The summed E-state index contributed by atoms with van der Waals surface area (Å²) >= 11 is 0. The van der Waals surface area contributed by atoms with Crippen LogP contribution in [0.1, 0.15) is 17.3 Å². The number of hydrogen-bond acceptors (Lipinski definition) is 7. The summed E-state index contributed by atoms with van der Waals surface area (Å²) in [6.45, 7) is 1.98. The Labute approximate surface area is 119 Å². The topological polar surface area (TPSA) is 104 Å². The van der Waals surface area contributed by atoms with Crippen LogP contribution >= 0.6 is 0 Å². The maximum Gasteiger partial charge on any atom is 0.338 e. The summed E-state index contributed by atoms with van der Waals surface area (Å²) in [4.78, 5) is 28.9. The zero-order chi connectivity index (χ0) is 15.2. The van der Waals surface area contributed by atoms with Crippen molar-refractivity contribution in [1.82, 2.24) is 9.97 Å². The fourth-order valence-corrected chi connectivity index (χ4v) is 1.46. The van der Waals surface area contributed by atoms with Crippen LogP contribution in [0.25, 0.3) is 0 Å². The number of rotatable bonds is 5. The van der Waals surface area contributed by atoms with Gasteiger partial charge in [-0.05, 0) is 25.1 Å². The van der Waals surface area contributed by atoms with Crippen molar-refractivity contribution in [2.24, 2.45) is 0 Å². The molecule has 0 unspecified atom stereocenters. The van der Waals surface area contributed by atoms with Gasteiger partial charge in [0.05, 0.1) is 17.1 Å². The Morgan fingerprint density at radius 3 is 2.67 bits per heavy atom. The van der Waals surface area contributed by atoms with Gasteiger partial charge in [0, 0.05) is 0 Å². The van der Waals surface area contributed by atoms with E-state index < -0.39 is 10.9 Å². The van der Waals surface area contributed by atoms with Gasteiger partial charge in [0.25, 0.3) is 0 Å². The minimum atomic E-state index is -0.606.